The summed E-state index contributed by atoms with van der Waals surface area (Å²) in [4.78, 5) is 27.5. The monoisotopic (exact) mass is 531 g/mol. The van der Waals surface area contributed by atoms with Crippen molar-refractivity contribution < 1.29 is 24.2 Å². The van der Waals surface area contributed by atoms with E-state index in [2.05, 4.69) is 10.2 Å². The lowest BCUT2D eigenvalue weighted by Crippen LogP contribution is -2.47. The standard InChI is InChI=1S/C29H30FN5O4/c1-19(20-5-9-22(10-6-20)34-16-3-14-31-34)18-26(36)27(37)28(38)29(39)33-15-2-4-25(33)24-13-17-35(32-24)23-11-7-21(30)8-12-23/h3,5-14,16-17,19,25,27-28,37-38H,2,4,15,18H2,1H3/t19-,25+,27-,28+/m0/s1. The summed E-state index contributed by atoms with van der Waals surface area (Å²) in [5.74, 6) is -1.88. The molecule has 1 fully saturated rings. The van der Waals surface area contributed by atoms with Crippen molar-refractivity contribution in [2.75, 3.05) is 6.54 Å². The van der Waals surface area contributed by atoms with Gasteiger partial charge in [0.2, 0.25) is 0 Å². The second-order valence-corrected chi connectivity index (χ2v) is 9.85. The van der Waals surface area contributed by atoms with Gasteiger partial charge >= 0.3 is 0 Å². The van der Waals surface area contributed by atoms with Gasteiger partial charge in [-0.05, 0) is 72.9 Å². The molecule has 202 valence electrons. The molecule has 9 nitrogen and oxygen atoms in total. The highest BCUT2D eigenvalue weighted by Crippen LogP contribution is 2.32. The van der Waals surface area contributed by atoms with Gasteiger partial charge in [-0.2, -0.15) is 10.2 Å². The molecule has 0 saturated carbocycles. The summed E-state index contributed by atoms with van der Waals surface area (Å²) in [6.45, 7) is 2.24. The number of amides is 1. The highest BCUT2D eigenvalue weighted by atomic mass is 19.1. The fourth-order valence-electron chi connectivity index (χ4n) is 4.99. The number of aliphatic hydroxyl groups excluding tert-OH is 2. The Kier molecular flexibility index (Phi) is 7.67. The van der Waals surface area contributed by atoms with Gasteiger partial charge in [-0.3, -0.25) is 9.59 Å². The van der Waals surface area contributed by atoms with Gasteiger partial charge in [0.1, 0.15) is 11.9 Å². The molecule has 0 bridgehead atoms. The molecule has 0 radical (unpaired) electrons. The third kappa shape index (κ3) is 5.67. The predicted molar refractivity (Wildman–Crippen MR) is 141 cm³/mol. The Morgan fingerprint density at radius 2 is 1.67 bits per heavy atom. The van der Waals surface area contributed by atoms with E-state index in [1.807, 2.05) is 43.5 Å². The van der Waals surface area contributed by atoms with E-state index >= 15 is 0 Å². The molecule has 0 spiro atoms. The summed E-state index contributed by atoms with van der Waals surface area (Å²) >= 11 is 0. The minimum absolute atomic E-state index is 0.0296. The number of aliphatic hydroxyl groups is 2. The summed E-state index contributed by atoms with van der Waals surface area (Å²) < 4.78 is 16.6. The molecule has 10 heteroatoms. The van der Waals surface area contributed by atoms with E-state index in [0.29, 0.717) is 30.8 Å². The smallest absolute Gasteiger partial charge is 0.255 e. The number of carbonyl (C=O) groups excluding carboxylic acids is 2. The molecule has 1 amide bonds. The first-order chi connectivity index (χ1) is 18.8. The van der Waals surface area contributed by atoms with Crippen LogP contribution in [-0.4, -0.2) is 65.1 Å². The van der Waals surface area contributed by atoms with Gasteiger partial charge in [-0.1, -0.05) is 19.1 Å². The van der Waals surface area contributed by atoms with Crippen molar-refractivity contribution in [2.45, 2.75) is 50.4 Å². The summed E-state index contributed by atoms with van der Waals surface area (Å²) in [5, 5.41) is 30.0. The number of halogens is 1. The number of hydrogen-bond donors (Lipinski definition) is 2. The number of hydrogen-bond acceptors (Lipinski definition) is 6. The molecule has 5 rings (SSSR count). The van der Waals surface area contributed by atoms with E-state index in [-0.39, 0.29) is 18.2 Å². The van der Waals surface area contributed by atoms with Crippen molar-refractivity contribution >= 4 is 11.7 Å². The Hall–Kier alpha value is -4.15. The van der Waals surface area contributed by atoms with Gasteiger partial charge in [-0.15, -0.1) is 0 Å². The number of nitrogens with zero attached hydrogens (tertiary/aromatic N) is 5. The highest BCUT2D eigenvalue weighted by molar-refractivity contribution is 5.92. The van der Waals surface area contributed by atoms with Gasteiger partial charge in [-0.25, -0.2) is 13.8 Å². The van der Waals surface area contributed by atoms with Crippen LogP contribution in [0, 0.1) is 5.82 Å². The van der Waals surface area contributed by atoms with Gasteiger partial charge < -0.3 is 15.1 Å². The highest BCUT2D eigenvalue weighted by Gasteiger charge is 2.39. The molecule has 3 heterocycles. The van der Waals surface area contributed by atoms with Crippen molar-refractivity contribution in [3.63, 3.8) is 0 Å². The second-order valence-electron chi connectivity index (χ2n) is 9.85. The molecule has 1 saturated heterocycles. The Bertz CT molecular complexity index is 1420. The zero-order valence-electron chi connectivity index (χ0n) is 21.5. The van der Waals surface area contributed by atoms with Crippen LogP contribution in [0.15, 0.2) is 79.3 Å². The summed E-state index contributed by atoms with van der Waals surface area (Å²) in [5.41, 5.74) is 3.06. The van der Waals surface area contributed by atoms with Crippen LogP contribution >= 0.6 is 0 Å². The number of rotatable bonds is 9. The van der Waals surface area contributed by atoms with E-state index in [1.54, 1.807) is 40.0 Å². The molecule has 1 aliphatic heterocycles. The minimum atomic E-state index is -1.87. The van der Waals surface area contributed by atoms with Crippen molar-refractivity contribution in [3.8, 4) is 11.4 Å². The number of likely N-dealkylation sites (tertiary alicyclic amines) is 1. The fourth-order valence-corrected chi connectivity index (χ4v) is 4.99. The van der Waals surface area contributed by atoms with E-state index < -0.39 is 29.9 Å². The maximum atomic E-state index is 13.3. The lowest BCUT2D eigenvalue weighted by atomic mass is 9.92. The van der Waals surface area contributed by atoms with Crippen LogP contribution < -0.4 is 0 Å². The van der Waals surface area contributed by atoms with Crippen molar-refractivity contribution in [1.29, 1.82) is 0 Å². The Morgan fingerprint density at radius 3 is 2.36 bits per heavy atom. The first-order valence-corrected chi connectivity index (χ1v) is 12.9. The van der Waals surface area contributed by atoms with Crippen molar-refractivity contribution in [2.24, 2.45) is 0 Å². The molecular weight excluding hydrogens is 501 g/mol. The van der Waals surface area contributed by atoms with Crippen LogP contribution in [-0.2, 0) is 9.59 Å². The lowest BCUT2D eigenvalue weighted by Gasteiger charge is -2.27. The normalized spacial score (nSPS) is 17.6. The predicted octanol–water partition coefficient (Wildman–Crippen LogP) is 3.35. The molecule has 1 aliphatic rings. The van der Waals surface area contributed by atoms with E-state index in [9.17, 15) is 24.2 Å². The molecule has 2 aromatic carbocycles. The van der Waals surface area contributed by atoms with Crippen LogP contribution in [0.25, 0.3) is 11.4 Å². The Labute approximate surface area is 225 Å². The second kappa shape index (κ2) is 11.3. The minimum Gasteiger partial charge on any atom is -0.382 e. The average molecular weight is 532 g/mol. The topological polar surface area (TPSA) is 113 Å². The van der Waals surface area contributed by atoms with Gasteiger partial charge in [0.15, 0.2) is 11.9 Å². The maximum absolute atomic E-state index is 13.3. The summed E-state index contributed by atoms with van der Waals surface area (Å²) in [6.07, 6.45) is 2.84. The van der Waals surface area contributed by atoms with Crippen molar-refractivity contribution in [1.82, 2.24) is 24.5 Å². The molecule has 0 unspecified atom stereocenters. The van der Waals surface area contributed by atoms with Crippen LogP contribution in [0.5, 0.6) is 0 Å². The number of carbonyl (C=O) groups is 2. The third-order valence-corrected chi connectivity index (χ3v) is 7.20. The molecule has 39 heavy (non-hydrogen) atoms. The van der Waals surface area contributed by atoms with E-state index in [1.165, 1.54) is 17.0 Å². The average Bonchev–Trinajstić information content (AvgIpc) is 3.74. The first-order valence-electron chi connectivity index (χ1n) is 12.9. The van der Waals surface area contributed by atoms with Crippen LogP contribution in [0.1, 0.15) is 49.4 Å². The molecule has 4 aromatic rings. The molecule has 2 aromatic heterocycles. The zero-order valence-corrected chi connectivity index (χ0v) is 21.5. The van der Waals surface area contributed by atoms with Gasteiger partial charge in [0, 0.05) is 31.6 Å². The first kappa shape index (κ1) is 26.5. The van der Waals surface area contributed by atoms with Crippen molar-refractivity contribution in [3.05, 3.63) is 96.3 Å². The number of aromatic nitrogens is 4. The number of ketones is 1. The van der Waals surface area contributed by atoms with Gasteiger partial charge in [0.05, 0.1) is 23.1 Å². The molecule has 4 atom stereocenters. The fraction of sp³-hybridized carbons (Fsp3) is 0.310. The third-order valence-electron chi connectivity index (χ3n) is 7.20. The molecule has 0 aliphatic carbocycles. The van der Waals surface area contributed by atoms with Crippen LogP contribution in [0.2, 0.25) is 0 Å². The van der Waals surface area contributed by atoms with E-state index in [0.717, 1.165) is 11.3 Å². The quantitative estimate of drug-likeness (QED) is 0.343. The van der Waals surface area contributed by atoms with Gasteiger partial charge in [0.25, 0.3) is 5.91 Å². The zero-order chi connectivity index (χ0) is 27.5. The Morgan fingerprint density at radius 1 is 0.974 bits per heavy atom. The lowest BCUT2D eigenvalue weighted by molar-refractivity contribution is -0.153. The SMILES string of the molecule is C[C@@H](CC(=O)[C@H](O)[C@@H](O)C(=O)N1CCC[C@@H]1c1ccn(-c2ccc(F)cc2)n1)c1ccc(-n2cccn2)cc1. The van der Waals surface area contributed by atoms with Crippen LogP contribution in [0.3, 0.4) is 0 Å². The summed E-state index contributed by atoms with van der Waals surface area (Å²) in [6, 6.07) is 16.7. The maximum Gasteiger partial charge on any atom is 0.255 e. The largest absolute Gasteiger partial charge is 0.382 e. The summed E-state index contributed by atoms with van der Waals surface area (Å²) in [7, 11) is 0. The molecule has 2 N–H and O–H groups in total. The molecular formula is C29H30FN5O4. The number of benzene rings is 2. The van der Waals surface area contributed by atoms with Crippen LogP contribution in [0.4, 0.5) is 4.39 Å². The Balaban J connectivity index is 1.21. The van der Waals surface area contributed by atoms with E-state index in [4.69, 9.17) is 0 Å². The number of Topliss-reactive ketones (excluding diaryl/α,β-unsaturated/α-hetero) is 1.